The average molecular weight is 244 g/mol. The van der Waals surface area contributed by atoms with Crippen LogP contribution >= 0.6 is 11.5 Å². The lowest BCUT2D eigenvalue weighted by Crippen LogP contribution is -1.96. The van der Waals surface area contributed by atoms with Crippen LogP contribution in [0.15, 0.2) is 24.3 Å². The molecular formula is C12H12N4S. The minimum atomic E-state index is 0.863. The summed E-state index contributed by atoms with van der Waals surface area (Å²) in [7, 11) is 0. The van der Waals surface area contributed by atoms with E-state index in [1.54, 1.807) is 0 Å². The second-order valence-corrected chi connectivity index (χ2v) is 4.56. The van der Waals surface area contributed by atoms with Gasteiger partial charge in [0.15, 0.2) is 0 Å². The van der Waals surface area contributed by atoms with Crippen molar-refractivity contribution in [2.24, 2.45) is 0 Å². The van der Waals surface area contributed by atoms with Crippen LogP contribution in [0.3, 0.4) is 0 Å². The van der Waals surface area contributed by atoms with Gasteiger partial charge < -0.3 is 0 Å². The summed E-state index contributed by atoms with van der Waals surface area (Å²) in [5.41, 5.74) is 2.09. The van der Waals surface area contributed by atoms with Gasteiger partial charge in [-0.1, -0.05) is 19.1 Å². The second-order valence-electron chi connectivity index (χ2n) is 3.83. The first kappa shape index (κ1) is 10.4. The second kappa shape index (κ2) is 3.92. The zero-order chi connectivity index (χ0) is 11.8. The summed E-state index contributed by atoms with van der Waals surface area (Å²) in [6, 6.07) is 8.08. The number of nitrogens with zero attached hydrogens (tertiary/aromatic N) is 4. The van der Waals surface area contributed by atoms with Crippen molar-refractivity contribution >= 4 is 22.6 Å². The Hall–Kier alpha value is -1.75. The normalized spacial score (nSPS) is 11.2. The first-order valence-corrected chi connectivity index (χ1v) is 6.34. The van der Waals surface area contributed by atoms with E-state index in [4.69, 9.17) is 0 Å². The van der Waals surface area contributed by atoms with Crippen LogP contribution in [0.1, 0.15) is 18.6 Å². The lowest BCUT2D eigenvalue weighted by atomic mass is 10.3. The monoisotopic (exact) mass is 244 g/mol. The van der Waals surface area contributed by atoms with Gasteiger partial charge in [0.2, 0.25) is 5.13 Å². The summed E-state index contributed by atoms with van der Waals surface area (Å²) >= 11 is 1.42. The van der Waals surface area contributed by atoms with Crippen LogP contribution in [0.2, 0.25) is 0 Å². The molecule has 86 valence electrons. The van der Waals surface area contributed by atoms with Gasteiger partial charge >= 0.3 is 0 Å². The third kappa shape index (κ3) is 1.63. The maximum Gasteiger partial charge on any atom is 0.215 e. The van der Waals surface area contributed by atoms with Gasteiger partial charge in [0, 0.05) is 18.0 Å². The van der Waals surface area contributed by atoms with Crippen molar-refractivity contribution in [3.8, 4) is 5.13 Å². The fourth-order valence-electron chi connectivity index (χ4n) is 1.87. The molecule has 17 heavy (non-hydrogen) atoms. The van der Waals surface area contributed by atoms with E-state index in [-0.39, 0.29) is 0 Å². The van der Waals surface area contributed by atoms with Gasteiger partial charge in [0.25, 0.3) is 0 Å². The van der Waals surface area contributed by atoms with Crippen molar-refractivity contribution < 1.29 is 0 Å². The van der Waals surface area contributed by atoms with Crippen molar-refractivity contribution in [3.05, 3.63) is 35.9 Å². The van der Waals surface area contributed by atoms with Gasteiger partial charge in [0.1, 0.15) is 11.6 Å². The van der Waals surface area contributed by atoms with Crippen molar-refractivity contribution in [2.75, 3.05) is 0 Å². The number of imidazole rings is 1. The Bertz CT molecular complexity index is 668. The number of aromatic nitrogens is 4. The van der Waals surface area contributed by atoms with E-state index in [2.05, 4.69) is 31.9 Å². The fraction of sp³-hybridized carbons (Fsp3) is 0.250. The molecule has 3 rings (SSSR count). The lowest BCUT2D eigenvalue weighted by Gasteiger charge is -1.99. The van der Waals surface area contributed by atoms with Crippen LogP contribution in [0.5, 0.6) is 0 Å². The van der Waals surface area contributed by atoms with E-state index in [0.29, 0.717) is 0 Å². The Morgan fingerprint density at radius 2 is 2.06 bits per heavy atom. The molecule has 0 fully saturated rings. The van der Waals surface area contributed by atoms with Crippen LogP contribution in [0.25, 0.3) is 16.2 Å². The van der Waals surface area contributed by atoms with Gasteiger partial charge in [-0.15, -0.1) is 0 Å². The first-order chi connectivity index (χ1) is 8.29. The van der Waals surface area contributed by atoms with Crippen LogP contribution in [-0.2, 0) is 6.42 Å². The molecule has 4 nitrogen and oxygen atoms in total. The summed E-state index contributed by atoms with van der Waals surface area (Å²) in [6.45, 7) is 4.05. The molecule has 0 N–H and O–H groups in total. The molecule has 0 amide bonds. The number of para-hydroxylation sites is 2. The molecule has 0 saturated heterocycles. The predicted molar refractivity (Wildman–Crippen MR) is 68.7 cm³/mol. The van der Waals surface area contributed by atoms with Crippen LogP contribution in [0.4, 0.5) is 0 Å². The molecular weight excluding hydrogens is 232 g/mol. The Kier molecular flexibility index (Phi) is 2.40. The predicted octanol–water partition coefficient (Wildman–Crippen LogP) is 2.75. The lowest BCUT2D eigenvalue weighted by molar-refractivity contribution is 0.939. The SMILES string of the molecule is CCc1nsc(-n2c(C)nc3ccccc32)n1. The van der Waals surface area contributed by atoms with Crippen LogP contribution in [-0.4, -0.2) is 18.9 Å². The number of aryl methyl sites for hydroxylation is 2. The summed E-state index contributed by atoms with van der Waals surface area (Å²) in [4.78, 5) is 9.04. The molecule has 0 aliphatic heterocycles. The van der Waals surface area contributed by atoms with E-state index in [1.807, 2.05) is 25.1 Å². The molecule has 0 saturated carbocycles. The van der Waals surface area contributed by atoms with Crippen LogP contribution in [0, 0.1) is 6.92 Å². The Morgan fingerprint density at radius 3 is 2.82 bits per heavy atom. The minimum Gasteiger partial charge on any atom is -0.271 e. The Balaban J connectivity index is 2.25. The molecule has 2 heterocycles. The van der Waals surface area contributed by atoms with E-state index >= 15 is 0 Å². The molecule has 3 aromatic rings. The van der Waals surface area contributed by atoms with Gasteiger partial charge in [-0.05, 0) is 19.1 Å². The number of hydrogen-bond donors (Lipinski definition) is 0. The molecule has 1 aromatic carbocycles. The molecule has 0 atom stereocenters. The van der Waals surface area contributed by atoms with Gasteiger partial charge in [-0.25, -0.2) is 9.97 Å². The third-order valence-electron chi connectivity index (χ3n) is 2.69. The van der Waals surface area contributed by atoms with E-state index in [9.17, 15) is 0 Å². The standard InChI is InChI=1S/C12H12N4S/c1-3-11-14-12(17-15-11)16-8(2)13-9-6-4-5-7-10(9)16/h4-7H,3H2,1-2H3. The number of fused-ring (bicyclic) bond motifs is 1. The number of hydrogen-bond acceptors (Lipinski definition) is 4. The summed E-state index contributed by atoms with van der Waals surface area (Å²) in [5.74, 6) is 1.84. The number of benzene rings is 1. The van der Waals surface area contributed by atoms with E-state index in [0.717, 1.165) is 34.2 Å². The van der Waals surface area contributed by atoms with Crippen LogP contribution < -0.4 is 0 Å². The van der Waals surface area contributed by atoms with Gasteiger partial charge in [-0.2, -0.15) is 4.37 Å². The zero-order valence-corrected chi connectivity index (χ0v) is 10.5. The maximum absolute atomic E-state index is 4.53. The highest BCUT2D eigenvalue weighted by atomic mass is 32.1. The molecule has 5 heteroatoms. The highest BCUT2D eigenvalue weighted by molar-refractivity contribution is 7.08. The van der Waals surface area contributed by atoms with Gasteiger partial charge in [0.05, 0.1) is 11.0 Å². The molecule has 0 radical (unpaired) electrons. The smallest absolute Gasteiger partial charge is 0.215 e. The molecule has 0 aliphatic rings. The van der Waals surface area contributed by atoms with Crippen molar-refractivity contribution in [3.63, 3.8) is 0 Å². The van der Waals surface area contributed by atoms with Crippen molar-refractivity contribution in [2.45, 2.75) is 20.3 Å². The summed E-state index contributed by atoms with van der Waals surface area (Å²) < 4.78 is 6.38. The molecule has 0 spiro atoms. The molecule has 0 aliphatic carbocycles. The average Bonchev–Trinajstić information content (AvgIpc) is 2.91. The quantitative estimate of drug-likeness (QED) is 0.696. The molecule has 0 bridgehead atoms. The van der Waals surface area contributed by atoms with Gasteiger partial charge in [-0.3, -0.25) is 4.57 Å². The summed E-state index contributed by atoms with van der Waals surface area (Å²) in [6.07, 6.45) is 0.863. The van der Waals surface area contributed by atoms with E-state index < -0.39 is 0 Å². The first-order valence-electron chi connectivity index (χ1n) is 5.56. The van der Waals surface area contributed by atoms with E-state index in [1.165, 1.54) is 11.5 Å². The highest BCUT2D eigenvalue weighted by Gasteiger charge is 2.12. The summed E-state index contributed by atoms with van der Waals surface area (Å²) in [5, 5.41) is 0.896. The highest BCUT2D eigenvalue weighted by Crippen LogP contribution is 2.22. The van der Waals surface area contributed by atoms with Crippen molar-refractivity contribution in [1.82, 2.24) is 18.9 Å². The fourth-order valence-corrected chi connectivity index (χ4v) is 2.68. The largest absolute Gasteiger partial charge is 0.271 e. The van der Waals surface area contributed by atoms with Crippen molar-refractivity contribution in [1.29, 1.82) is 0 Å². The Labute approximate surface area is 103 Å². The maximum atomic E-state index is 4.53. The zero-order valence-electron chi connectivity index (χ0n) is 9.71. The third-order valence-corrected chi connectivity index (χ3v) is 3.43. The minimum absolute atomic E-state index is 0.863. The molecule has 0 unspecified atom stereocenters. The number of rotatable bonds is 2. The topological polar surface area (TPSA) is 43.6 Å². The molecule has 2 aromatic heterocycles. The Morgan fingerprint density at radius 1 is 1.24 bits per heavy atom.